The first-order valence-electron chi connectivity index (χ1n) is 8.70. The molecule has 2 aromatic carbocycles. The molecule has 7 heteroatoms. The van der Waals surface area contributed by atoms with Crippen molar-refractivity contribution in [1.29, 1.82) is 0 Å². The van der Waals surface area contributed by atoms with Gasteiger partial charge in [-0.3, -0.25) is 14.9 Å². The molecular formula is C20H17N3O3S. The van der Waals surface area contributed by atoms with Crippen LogP contribution in [0.15, 0.2) is 54.6 Å². The van der Waals surface area contributed by atoms with Gasteiger partial charge in [0.1, 0.15) is 5.01 Å². The molecule has 1 aliphatic heterocycles. The van der Waals surface area contributed by atoms with Crippen molar-refractivity contribution in [3.63, 3.8) is 0 Å². The summed E-state index contributed by atoms with van der Waals surface area (Å²) >= 11 is 1.64. The molecule has 3 aromatic rings. The number of amides is 1. The van der Waals surface area contributed by atoms with Gasteiger partial charge in [0.05, 0.1) is 21.2 Å². The van der Waals surface area contributed by atoms with Gasteiger partial charge >= 0.3 is 0 Å². The first-order chi connectivity index (χ1) is 13.1. The number of aromatic nitrogens is 1. The molecule has 1 amide bonds. The lowest BCUT2D eigenvalue weighted by atomic mass is 10.2. The van der Waals surface area contributed by atoms with Crippen LogP contribution in [0.3, 0.4) is 0 Å². The quantitative estimate of drug-likeness (QED) is 0.378. The van der Waals surface area contributed by atoms with Crippen molar-refractivity contribution in [2.24, 2.45) is 0 Å². The standard InChI is InChI=1S/C20H17N3O3S/c24-19(12-9-14-7-10-15(11-8-14)23(25)26)22-13-3-5-17(22)20-21-16-4-1-2-6-18(16)27-20/h1-2,4,6-12,17H,3,5,13H2/b12-9+/t17-/m0/s1. The number of nitro benzene ring substituents is 1. The summed E-state index contributed by atoms with van der Waals surface area (Å²) in [5.74, 6) is -0.0601. The summed E-state index contributed by atoms with van der Waals surface area (Å²) in [6.45, 7) is 0.712. The number of non-ortho nitro benzene ring substituents is 1. The van der Waals surface area contributed by atoms with Gasteiger partial charge in [-0.1, -0.05) is 12.1 Å². The zero-order chi connectivity index (χ0) is 18.8. The second kappa shape index (κ2) is 7.28. The summed E-state index contributed by atoms with van der Waals surface area (Å²) in [5, 5.41) is 11.7. The Labute approximate surface area is 159 Å². The lowest BCUT2D eigenvalue weighted by molar-refractivity contribution is -0.384. The Hall–Kier alpha value is -3.06. The van der Waals surface area contributed by atoms with E-state index in [0.29, 0.717) is 6.54 Å². The molecule has 0 unspecified atom stereocenters. The van der Waals surface area contributed by atoms with Gasteiger partial charge < -0.3 is 4.90 Å². The van der Waals surface area contributed by atoms with Crippen molar-refractivity contribution < 1.29 is 9.72 Å². The van der Waals surface area contributed by atoms with Crippen molar-refractivity contribution >= 4 is 39.2 Å². The fourth-order valence-electron chi connectivity index (χ4n) is 3.29. The SMILES string of the molecule is O=C(/C=C/c1ccc([N+](=O)[O-])cc1)N1CCC[C@H]1c1nc2ccccc2s1. The van der Waals surface area contributed by atoms with Gasteiger partial charge in [0.25, 0.3) is 5.69 Å². The normalized spacial score (nSPS) is 17.0. The fourth-order valence-corrected chi connectivity index (χ4v) is 4.41. The number of para-hydroxylation sites is 1. The minimum atomic E-state index is -0.439. The fraction of sp³-hybridized carbons (Fsp3) is 0.200. The molecule has 0 bridgehead atoms. The average molecular weight is 379 g/mol. The van der Waals surface area contributed by atoms with Gasteiger partial charge in [-0.05, 0) is 48.7 Å². The van der Waals surface area contributed by atoms with E-state index in [9.17, 15) is 14.9 Å². The maximum Gasteiger partial charge on any atom is 0.269 e. The predicted octanol–water partition coefficient (Wildman–Crippen LogP) is 4.58. The molecule has 2 heterocycles. The molecule has 136 valence electrons. The van der Waals surface area contributed by atoms with Crippen LogP contribution in [0.25, 0.3) is 16.3 Å². The van der Waals surface area contributed by atoms with Crippen LogP contribution >= 0.6 is 11.3 Å². The van der Waals surface area contributed by atoms with Gasteiger partial charge in [0.15, 0.2) is 0 Å². The van der Waals surface area contributed by atoms with E-state index in [4.69, 9.17) is 4.98 Å². The van der Waals surface area contributed by atoms with E-state index in [-0.39, 0.29) is 17.6 Å². The summed E-state index contributed by atoms with van der Waals surface area (Å²) in [7, 11) is 0. The van der Waals surface area contributed by atoms with E-state index >= 15 is 0 Å². The van der Waals surface area contributed by atoms with Crippen LogP contribution in [0, 0.1) is 10.1 Å². The molecule has 0 radical (unpaired) electrons. The second-order valence-corrected chi connectivity index (χ2v) is 7.45. The second-order valence-electron chi connectivity index (χ2n) is 6.39. The van der Waals surface area contributed by atoms with Crippen LogP contribution < -0.4 is 0 Å². The molecule has 1 aromatic heterocycles. The molecule has 1 aliphatic rings. The van der Waals surface area contributed by atoms with E-state index in [1.807, 2.05) is 29.2 Å². The number of hydrogen-bond acceptors (Lipinski definition) is 5. The van der Waals surface area contributed by atoms with Gasteiger partial charge in [-0.2, -0.15) is 0 Å². The summed E-state index contributed by atoms with van der Waals surface area (Å²) in [6.07, 6.45) is 5.10. The predicted molar refractivity (Wildman–Crippen MR) is 105 cm³/mol. The number of carbonyl (C=O) groups excluding carboxylic acids is 1. The first-order valence-corrected chi connectivity index (χ1v) is 9.52. The van der Waals surface area contributed by atoms with Crippen molar-refractivity contribution in [3.8, 4) is 0 Å². The van der Waals surface area contributed by atoms with Crippen LogP contribution in [0.4, 0.5) is 5.69 Å². The van der Waals surface area contributed by atoms with E-state index in [1.165, 1.54) is 18.2 Å². The summed E-state index contributed by atoms with van der Waals surface area (Å²) in [6, 6.07) is 14.2. The Morgan fingerprint density at radius 3 is 2.74 bits per heavy atom. The first kappa shape index (κ1) is 17.4. The van der Waals surface area contributed by atoms with Crippen LogP contribution in [0.1, 0.15) is 29.5 Å². The number of hydrogen-bond donors (Lipinski definition) is 0. The summed E-state index contributed by atoms with van der Waals surface area (Å²) in [4.78, 5) is 29.5. The maximum absolute atomic E-state index is 12.7. The number of nitro groups is 1. The van der Waals surface area contributed by atoms with Crippen molar-refractivity contribution in [3.05, 3.63) is 75.3 Å². The van der Waals surface area contributed by atoms with Crippen molar-refractivity contribution in [1.82, 2.24) is 9.88 Å². The minimum Gasteiger partial charge on any atom is -0.330 e. The number of nitrogens with zero attached hydrogens (tertiary/aromatic N) is 3. The third kappa shape index (κ3) is 3.59. The van der Waals surface area contributed by atoms with Crippen LogP contribution in [-0.4, -0.2) is 27.3 Å². The van der Waals surface area contributed by atoms with Crippen LogP contribution in [0.5, 0.6) is 0 Å². The van der Waals surface area contributed by atoms with Crippen LogP contribution in [0.2, 0.25) is 0 Å². The van der Waals surface area contributed by atoms with Crippen LogP contribution in [-0.2, 0) is 4.79 Å². The van der Waals surface area contributed by atoms with Gasteiger partial charge in [0, 0.05) is 24.8 Å². The maximum atomic E-state index is 12.7. The molecule has 0 aliphatic carbocycles. The van der Waals surface area contributed by atoms with Gasteiger partial charge in [-0.25, -0.2) is 4.98 Å². The lowest BCUT2D eigenvalue weighted by Crippen LogP contribution is -2.28. The Bertz CT molecular complexity index is 993. The Balaban J connectivity index is 1.51. The zero-order valence-corrected chi connectivity index (χ0v) is 15.3. The number of thiazole rings is 1. The molecule has 1 saturated heterocycles. The summed E-state index contributed by atoms with van der Waals surface area (Å²) in [5.41, 5.74) is 1.76. The molecule has 0 saturated carbocycles. The zero-order valence-electron chi connectivity index (χ0n) is 14.4. The minimum absolute atomic E-state index is 0.0106. The van der Waals surface area contributed by atoms with Gasteiger partial charge in [0.2, 0.25) is 5.91 Å². The average Bonchev–Trinajstić information content (AvgIpc) is 3.32. The molecule has 1 fully saturated rings. The number of likely N-dealkylation sites (tertiary alicyclic amines) is 1. The highest BCUT2D eigenvalue weighted by atomic mass is 32.1. The molecular weight excluding hydrogens is 362 g/mol. The Kier molecular flexibility index (Phi) is 4.68. The lowest BCUT2D eigenvalue weighted by Gasteiger charge is -2.21. The third-order valence-electron chi connectivity index (χ3n) is 4.65. The Morgan fingerprint density at radius 1 is 1.22 bits per heavy atom. The van der Waals surface area contributed by atoms with Gasteiger partial charge in [-0.15, -0.1) is 11.3 Å². The topological polar surface area (TPSA) is 76.3 Å². The number of carbonyl (C=O) groups is 1. The highest BCUT2D eigenvalue weighted by Gasteiger charge is 2.31. The largest absolute Gasteiger partial charge is 0.330 e. The molecule has 27 heavy (non-hydrogen) atoms. The third-order valence-corrected chi connectivity index (χ3v) is 5.79. The van der Waals surface area contributed by atoms with E-state index < -0.39 is 4.92 Å². The van der Waals surface area contributed by atoms with Crippen molar-refractivity contribution in [2.75, 3.05) is 6.54 Å². The number of rotatable bonds is 4. The molecule has 1 atom stereocenters. The summed E-state index contributed by atoms with van der Waals surface area (Å²) < 4.78 is 1.13. The number of fused-ring (bicyclic) bond motifs is 1. The molecule has 0 N–H and O–H groups in total. The monoisotopic (exact) mass is 379 g/mol. The molecule has 4 rings (SSSR count). The van der Waals surface area contributed by atoms with E-state index in [0.717, 1.165) is 33.6 Å². The highest BCUT2D eigenvalue weighted by Crippen LogP contribution is 2.36. The van der Waals surface area contributed by atoms with E-state index in [1.54, 1.807) is 29.5 Å². The molecule has 0 spiro atoms. The van der Waals surface area contributed by atoms with E-state index in [2.05, 4.69) is 0 Å². The molecule has 6 nitrogen and oxygen atoms in total. The highest BCUT2D eigenvalue weighted by molar-refractivity contribution is 7.18. The van der Waals surface area contributed by atoms with Crippen molar-refractivity contribution in [2.45, 2.75) is 18.9 Å². The smallest absolute Gasteiger partial charge is 0.269 e. The number of benzene rings is 2. The Morgan fingerprint density at radius 2 is 2.00 bits per heavy atom.